The van der Waals surface area contributed by atoms with Crippen LogP contribution in [0.4, 0.5) is 0 Å². The van der Waals surface area contributed by atoms with Gasteiger partial charge in [-0.15, -0.1) is 0 Å². The van der Waals surface area contributed by atoms with Gasteiger partial charge in [-0.25, -0.2) is 4.79 Å². The van der Waals surface area contributed by atoms with Crippen molar-refractivity contribution in [2.24, 2.45) is 0 Å². The Morgan fingerprint density at radius 3 is 1.70 bits per heavy atom. The molecular weight excluding hydrogens is 274 g/mol. The largest absolute Gasteiger partial charge is 0.550 e. The number of likely N-dealkylation sites (N-methyl/N-ethyl adjacent to an activating group) is 1. The van der Waals surface area contributed by atoms with Gasteiger partial charge < -0.3 is 34.8 Å². The van der Waals surface area contributed by atoms with Crippen molar-refractivity contribution < 1.29 is 44.4 Å². The van der Waals surface area contributed by atoms with Gasteiger partial charge in [-0.1, -0.05) is 0 Å². The summed E-state index contributed by atoms with van der Waals surface area (Å²) in [5.74, 6) is -4.05. The molecule has 4 N–H and O–H groups in total. The van der Waals surface area contributed by atoms with Crippen LogP contribution in [0.5, 0.6) is 0 Å². The number of hydrogen-bond donors (Lipinski definition) is 4. The molecule has 9 heteroatoms. The predicted octanol–water partition coefficient (Wildman–Crippen LogP) is -2.90. The highest BCUT2D eigenvalue weighted by Gasteiger charge is 2.16. The van der Waals surface area contributed by atoms with Crippen LogP contribution < -0.4 is 5.11 Å². The number of nitrogens with zero attached hydrogens (tertiary/aromatic N) is 1. The van der Waals surface area contributed by atoms with Crippen LogP contribution >= 0.6 is 0 Å². The zero-order valence-corrected chi connectivity index (χ0v) is 11.6. The SMILES string of the molecule is C[N+](C)(C)C[C@H](O)CC(=O)[O-].O=C(O)C[C@H](O)C(=O)O. The molecule has 2 atom stereocenters. The van der Waals surface area contributed by atoms with Crippen molar-refractivity contribution in [2.45, 2.75) is 25.0 Å². The fourth-order valence-electron chi connectivity index (χ4n) is 1.14. The first-order valence-corrected chi connectivity index (χ1v) is 5.66. The van der Waals surface area contributed by atoms with Gasteiger partial charge in [0.2, 0.25) is 0 Å². The molecule has 0 heterocycles. The monoisotopic (exact) mass is 295 g/mol. The lowest BCUT2D eigenvalue weighted by Crippen LogP contribution is -2.43. The van der Waals surface area contributed by atoms with Gasteiger partial charge in [-0.3, -0.25) is 4.79 Å². The summed E-state index contributed by atoms with van der Waals surface area (Å²) in [6, 6.07) is 0. The van der Waals surface area contributed by atoms with Gasteiger partial charge in [0.05, 0.1) is 27.6 Å². The molecular formula is C11H21NO8. The highest BCUT2D eigenvalue weighted by atomic mass is 16.4. The Labute approximate surface area is 116 Å². The van der Waals surface area contributed by atoms with Crippen LogP contribution in [0.3, 0.4) is 0 Å². The number of aliphatic hydroxyl groups is 2. The lowest BCUT2D eigenvalue weighted by atomic mass is 10.2. The highest BCUT2D eigenvalue weighted by Crippen LogP contribution is 1.97. The van der Waals surface area contributed by atoms with Crippen LogP contribution in [-0.2, 0) is 14.4 Å². The number of carboxylic acid groups (broad SMARTS) is 3. The first-order chi connectivity index (χ1) is 8.85. The number of rotatable bonds is 7. The molecule has 0 saturated heterocycles. The maximum Gasteiger partial charge on any atom is 0.333 e. The zero-order chi connectivity index (χ0) is 16.5. The van der Waals surface area contributed by atoms with E-state index in [-0.39, 0.29) is 6.42 Å². The summed E-state index contributed by atoms with van der Waals surface area (Å²) < 4.78 is 0.550. The summed E-state index contributed by atoms with van der Waals surface area (Å²) in [6.07, 6.45) is -3.63. The minimum Gasteiger partial charge on any atom is -0.550 e. The molecule has 0 aliphatic heterocycles. The molecule has 20 heavy (non-hydrogen) atoms. The zero-order valence-electron chi connectivity index (χ0n) is 11.6. The number of aliphatic hydroxyl groups excluding tert-OH is 2. The van der Waals surface area contributed by atoms with E-state index in [2.05, 4.69) is 0 Å². The number of carbonyl (C=O) groups excluding carboxylic acids is 1. The van der Waals surface area contributed by atoms with Crippen LogP contribution in [-0.4, -0.2) is 82.7 Å². The van der Waals surface area contributed by atoms with Crippen molar-refractivity contribution in [1.82, 2.24) is 0 Å². The molecule has 0 radical (unpaired) electrons. The van der Waals surface area contributed by atoms with Gasteiger partial charge in [-0.05, 0) is 0 Å². The molecule has 0 spiro atoms. The third-order valence-electron chi connectivity index (χ3n) is 1.81. The van der Waals surface area contributed by atoms with E-state index in [0.29, 0.717) is 11.0 Å². The number of aliphatic carboxylic acids is 3. The molecule has 0 aromatic carbocycles. The van der Waals surface area contributed by atoms with Crippen molar-refractivity contribution in [3.05, 3.63) is 0 Å². The van der Waals surface area contributed by atoms with Crippen LogP contribution in [0, 0.1) is 0 Å². The Bertz CT molecular complexity index is 336. The van der Waals surface area contributed by atoms with E-state index in [0.717, 1.165) is 0 Å². The minimum absolute atomic E-state index is 0.282. The fraction of sp³-hybridized carbons (Fsp3) is 0.727. The Kier molecular flexibility index (Phi) is 9.51. The van der Waals surface area contributed by atoms with Gasteiger partial charge in [0.1, 0.15) is 12.6 Å². The standard InChI is InChI=1S/C7H15NO3.C4H6O5/c1-8(2,3)5-6(9)4-7(10)11;5-2(4(8)9)1-3(6)7/h6,9H,4-5H2,1-3H3;2,5H,1H2,(H,6,7)(H,8,9)/t6-;2-/m10/s1. The Hall–Kier alpha value is -1.71. The van der Waals surface area contributed by atoms with Crippen LogP contribution in [0.1, 0.15) is 12.8 Å². The van der Waals surface area contributed by atoms with Crippen molar-refractivity contribution in [1.29, 1.82) is 0 Å². The van der Waals surface area contributed by atoms with E-state index in [1.54, 1.807) is 0 Å². The lowest BCUT2D eigenvalue weighted by molar-refractivity contribution is -0.873. The summed E-state index contributed by atoms with van der Waals surface area (Å²) in [7, 11) is 5.66. The van der Waals surface area contributed by atoms with Gasteiger partial charge in [0.15, 0.2) is 6.10 Å². The van der Waals surface area contributed by atoms with Crippen LogP contribution in [0.25, 0.3) is 0 Å². The van der Waals surface area contributed by atoms with Crippen molar-refractivity contribution in [3.63, 3.8) is 0 Å². The van der Waals surface area contributed by atoms with E-state index in [9.17, 15) is 19.5 Å². The topological polar surface area (TPSA) is 155 Å². The maximum absolute atomic E-state index is 10.0. The predicted molar refractivity (Wildman–Crippen MR) is 64.4 cm³/mol. The van der Waals surface area contributed by atoms with Crippen LogP contribution in [0.15, 0.2) is 0 Å². The third kappa shape index (κ3) is 16.3. The Balaban J connectivity index is 0. The third-order valence-corrected chi connectivity index (χ3v) is 1.81. The van der Waals surface area contributed by atoms with E-state index >= 15 is 0 Å². The summed E-state index contributed by atoms with van der Waals surface area (Å²) in [5.41, 5.74) is 0. The molecule has 9 nitrogen and oxygen atoms in total. The van der Waals surface area contributed by atoms with Crippen molar-refractivity contribution in [2.75, 3.05) is 27.7 Å². The molecule has 0 unspecified atom stereocenters. The van der Waals surface area contributed by atoms with Gasteiger partial charge in [0.25, 0.3) is 0 Å². The molecule has 118 valence electrons. The van der Waals surface area contributed by atoms with Crippen molar-refractivity contribution in [3.8, 4) is 0 Å². The normalized spacial score (nSPS) is 13.7. The molecule has 0 aromatic rings. The van der Waals surface area contributed by atoms with E-state index in [1.807, 2.05) is 21.1 Å². The number of hydrogen-bond acceptors (Lipinski definition) is 6. The van der Waals surface area contributed by atoms with E-state index < -0.39 is 36.5 Å². The first-order valence-electron chi connectivity index (χ1n) is 5.66. The van der Waals surface area contributed by atoms with E-state index in [4.69, 9.17) is 20.4 Å². The molecule has 0 amide bonds. The molecule has 0 bridgehead atoms. The minimum atomic E-state index is -1.79. The average Bonchev–Trinajstić information content (AvgIpc) is 2.12. The quantitative estimate of drug-likeness (QED) is 0.364. The Morgan fingerprint density at radius 2 is 1.50 bits per heavy atom. The molecule has 0 saturated carbocycles. The summed E-state index contributed by atoms with van der Waals surface area (Å²) >= 11 is 0. The molecule has 0 aliphatic rings. The summed E-state index contributed by atoms with van der Waals surface area (Å²) in [6.45, 7) is 0.425. The summed E-state index contributed by atoms with van der Waals surface area (Å²) in [4.78, 5) is 29.4. The Morgan fingerprint density at radius 1 is 1.05 bits per heavy atom. The van der Waals surface area contributed by atoms with Gasteiger partial charge in [-0.2, -0.15) is 0 Å². The second-order valence-corrected chi connectivity index (χ2v) is 5.15. The van der Waals surface area contributed by atoms with Gasteiger partial charge >= 0.3 is 11.9 Å². The van der Waals surface area contributed by atoms with Gasteiger partial charge in [0, 0.05) is 12.4 Å². The molecule has 0 aliphatic carbocycles. The second-order valence-electron chi connectivity index (χ2n) is 5.15. The number of quaternary nitrogens is 1. The molecule has 0 rings (SSSR count). The lowest BCUT2D eigenvalue weighted by Gasteiger charge is -2.26. The number of carbonyl (C=O) groups is 3. The summed E-state index contributed by atoms with van der Waals surface area (Å²) in [5, 5.41) is 43.3. The maximum atomic E-state index is 10.0. The van der Waals surface area contributed by atoms with Crippen molar-refractivity contribution >= 4 is 17.9 Å². The average molecular weight is 295 g/mol. The van der Waals surface area contributed by atoms with E-state index in [1.165, 1.54) is 0 Å². The highest BCUT2D eigenvalue weighted by molar-refractivity contribution is 5.79. The smallest absolute Gasteiger partial charge is 0.333 e. The fourth-order valence-corrected chi connectivity index (χ4v) is 1.14. The molecule has 0 aromatic heterocycles. The second kappa shape index (κ2) is 9.23. The number of carboxylic acids is 3. The van der Waals surface area contributed by atoms with Crippen LogP contribution in [0.2, 0.25) is 0 Å². The first kappa shape index (κ1) is 20.6. The molecule has 0 fully saturated rings.